The van der Waals surface area contributed by atoms with Crippen LogP contribution in [0, 0.1) is 0 Å². The van der Waals surface area contributed by atoms with Gasteiger partial charge >= 0.3 is 5.97 Å². The summed E-state index contributed by atoms with van der Waals surface area (Å²) in [5.41, 5.74) is 0.592. The molecule has 0 bridgehead atoms. The van der Waals surface area contributed by atoms with E-state index in [1.807, 2.05) is 0 Å². The van der Waals surface area contributed by atoms with Crippen LogP contribution in [0.25, 0.3) is 10.2 Å². The number of rotatable bonds is 3. The maximum atomic E-state index is 12.3. The minimum absolute atomic E-state index is 0.103. The Morgan fingerprint density at radius 2 is 2.12 bits per heavy atom. The quantitative estimate of drug-likeness (QED) is 0.624. The van der Waals surface area contributed by atoms with E-state index in [0.717, 1.165) is 4.70 Å². The molecule has 0 aliphatic heterocycles. The third kappa shape index (κ3) is 3.39. The van der Waals surface area contributed by atoms with Crippen LogP contribution in [0.15, 0.2) is 34.6 Å². The SMILES string of the molecule is COC(=O)Cn1c(=NC(=O)c2cccs2)sc2cc(Cl)cc(Cl)c21. The molecule has 3 aromatic rings. The molecule has 9 heteroatoms. The van der Waals surface area contributed by atoms with E-state index in [4.69, 9.17) is 27.9 Å². The molecule has 0 atom stereocenters. The van der Waals surface area contributed by atoms with Crippen molar-refractivity contribution in [2.45, 2.75) is 6.54 Å². The molecule has 0 spiro atoms. The number of halogens is 2. The van der Waals surface area contributed by atoms with E-state index < -0.39 is 5.97 Å². The topological polar surface area (TPSA) is 60.7 Å². The van der Waals surface area contributed by atoms with Crippen LogP contribution < -0.4 is 4.80 Å². The Bertz CT molecular complexity index is 990. The van der Waals surface area contributed by atoms with Gasteiger partial charge in [-0.1, -0.05) is 40.6 Å². The highest BCUT2D eigenvalue weighted by Gasteiger charge is 2.15. The van der Waals surface area contributed by atoms with Crippen LogP contribution in [0.3, 0.4) is 0 Å². The highest BCUT2D eigenvalue weighted by Crippen LogP contribution is 2.29. The number of aromatic nitrogens is 1. The summed E-state index contributed by atoms with van der Waals surface area (Å²) in [5.74, 6) is -0.844. The minimum atomic E-state index is -0.467. The Kier molecular flexibility index (Phi) is 5.05. The van der Waals surface area contributed by atoms with Crippen molar-refractivity contribution in [2.24, 2.45) is 4.99 Å². The Morgan fingerprint density at radius 1 is 1.33 bits per heavy atom. The van der Waals surface area contributed by atoms with E-state index in [1.54, 1.807) is 34.2 Å². The Morgan fingerprint density at radius 3 is 2.79 bits per heavy atom. The Balaban J connectivity index is 2.22. The predicted molar refractivity (Wildman–Crippen MR) is 96.1 cm³/mol. The van der Waals surface area contributed by atoms with E-state index >= 15 is 0 Å². The van der Waals surface area contributed by atoms with Gasteiger partial charge in [0.2, 0.25) is 0 Å². The van der Waals surface area contributed by atoms with E-state index in [0.29, 0.717) is 25.2 Å². The number of carbonyl (C=O) groups excluding carboxylic acids is 2. The molecule has 0 aliphatic rings. The highest BCUT2D eigenvalue weighted by molar-refractivity contribution is 7.16. The number of thiophene rings is 1. The number of hydrogen-bond donors (Lipinski definition) is 0. The van der Waals surface area contributed by atoms with Gasteiger partial charge in [-0.05, 0) is 23.6 Å². The van der Waals surface area contributed by atoms with E-state index in [9.17, 15) is 9.59 Å². The van der Waals surface area contributed by atoms with Crippen molar-refractivity contribution in [1.82, 2.24) is 4.57 Å². The van der Waals surface area contributed by atoms with Gasteiger partial charge in [0.1, 0.15) is 6.54 Å². The Labute approximate surface area is 154 Å². The summed E-state index contributed by atoms with van der Waals surface area (Å²) in [4.78, 5) is 29.0. The molecule has 0 fully saturated rings. The number of methoxy groups -OCH3 is 1. The molecule has 0 saturated carbocycles. The second kappa shape index (κ2) is 7.06. The first-order chi connectivity index (χ1) is 11.5. The molecule has 0 unspecified atom stereocenters. The van der Waals surface area contributed by atoms with Crippen LogP contribution in [0.4, 0.5) is 0 Å². The second-order valence-corrected chi connectivity index (χ2v) is 7.48. The number of nitrogens with zero attached hydrogens (tertiary/aromatic N) is 2. The zero-order valence-electron chi connectivity index (χ0n) is 12.3. The number of thiazole rings is 1. The molecule has 2 heterocycles. The smallest absolute Gasteiger partial charge is 0.325 e. The maximum absolute atomic E-state index is 12.3. The molecule has 24 heavy (non-hydrogen) atoms. The lowest BCUT2D eigenvalue weighted by Gasteiger charge is -2.05. The van der Waals surface area contributed by atoms with Crippen LogP contribution in [-0.4, -0.2) is 23.6 Å². The average molecular weight is 401 g/mol. The normalized spacial score (nSPS) is 11.9. The van der Waals surface area contributed by atoms with Crippen LogP contribution in [0.2, 0.25) is 10.0 Å². The lowest BCUT2D eigenvalue weighted by molar-refractivity contribution is -0.141. The average Bonchev–Trinajstić information content (AvgIpc) is 3.16. The van der Waals surface area contributed by atoms with Gasteiger partial charge in [-0.2, -0.15) is 4.99 Å². The molecule has 2 aromatic heterocycles. The molecular weight excluding hydrogens is 391 g/mol. The standard InChI is InChI=1S/C15H10Cl2N2O3S2/c1-22-12(20)7-19-13-9(17)5-8(16)6-11(13)24-15(19)18-14(21)10-3-2-4-23-10/h2-6H,7H2,1H3. The zero-order chi connectivity index (χ0) is 17.3. The van der Waals surface area contributed by atoms with Crippen molar-refractivity contribution in [3.05, 3.63) is 49.4 Å². The van der Waals surface area contributed by atoms with Gasteiger partial charge in [-0.15, -0.1) is 11.3 Å². The van der Waals surface area contributed by atoms with Crippen LogP contribution in [0.5, 0.6) is 0 Å². The fraction of sp³-hybridized carbons (Fsp3) is 0.133. The lowest BCUT2D eigenvalue weighted by atomic mass is 10.3. The van der Waals surface area contributed by atoms with Gasteiger partial charge in [0, 0.05) is 5.02 Å². The fourth-order valence-corrected chi connectivity index (χ4v) is 4.51. The van der Waals surface area contributed by atoms with Gasteiger partial charge in [0.05, 0.1) is 27.2 Å². The summed E-state index contributed by atoms with van der Waals surface area (Å²) in [6.07, 6.45) is 0. The number of carbonyl (C=O) groups is 2. The van der Waals surface area contributed by atoms with Crippen molar-refractivity contribution in [3.63, 3.8) is 0 Å². The molecule has 3 rings (SSSR count). The van der Waals surface area contributed by atoms with E-state index in [1.165, 1.54) is 29.8 Å². The van der Waals surface area contributed by atoms with Gasteiger partial charge in [-0.25, -0.2) is 0 Å². The number of fused-ring (bicyclic) bond motifs is 1. The van der Waals surface area contributed by atoms with Crippen molar-refractivity contribution in [2.75, 3.05) is 7.11 Å². The minimum Gasteiger partial charge on any atom is -0.468 e. The summed E-state index contributed by atoms with van der Waals surface area (Å²) < 4.78 is 7.02. The molecule has 0 radical (unpaired) electrons. The molecule has 0 aliphatic carbocycles. The zero-order valence-corrected chi connectivity index (χ0v) is 15.4. The van der Waals surface area contributed by atoms with Crippen molar-refractivity contribution >= 4 is 68.0 Å². The summed E-state index contributed by atoms with van der Waals surface area (Å²) in [7, 11) is 1.30. The summed E-state index contributed by atoms with van der Waals surface area (Å²) >= 11 is 14.8. The van der Waals surface area contributed by atoms with Crippen molar-refractivity contribution in [1.29, 1.82) is 0 Å². The summed E-state index contributed by atoms with van der Waals surface area (Å²) in [6.45, 7) is -0.103. The van der Waals surface area contributed by atoms with Gasteiger partial charge < -0.3 is 9.30 Å². The predicted octanol–water partition coefficient (Wildman–Crippen LogP) is 3.99. The third-order valence-electron chi connectivity index (χ3n) is 3.14. The lowest BCUT2D eigenvalue weighted by Crippen LogP contribution is -2.22. The monoisotopic (exact) mass is 400 g/mol. The second-order valence-electron chi connectivity index (χ2n) is 4.68. The van der Waals surface area contributed by atoms with Crippen LogP contribution in [-0.2, 0) is 16.1 Å². The largest absolute Gasteiger partial charge is 0.468 e. The molecule has 5 nitrogen and oxygen atoms in total. The van der Waals surface area contributed by atoms with Crippen LogP contribution >= 0.6 is 45.9 Å². The molecule has 0 N–H and O–H groups in total. The first-order valence-corrected chi connectivity index (χ1v) is 9.12. The highest BCUT2D eigenvalue weighted by atomic mass is 35.5. The molecule has 1 amide bonds. The molecule has 1 aromatic carbocycles. The number of esters is 1. The van der Waals surface area contributed by atoms with E-state index in [-0.39, 0.29) is 12.5 Å². The summed E-state index contributed by atoms with van der Waals surface area (Å²) in [6, 6.07) is 6.77. The first-order valence-electron chi connectivity index (χ1n) is 6.67. The third-order valence-corrected chi connectivity index (χ3v) is 5.53. The maximum Gasteiger partial charge on any atom is 0.325 e. The first kappa shape index (κ1) is 17.2. The van der Waals surface area contributed by atoms with Crippen molar-refractivity contribution < 1.29 is 14.3 Å². The fourth-order valence-electron chi connectivity index (χ4n) is 2.10. The number of benzene rings is 1. The van der Waals surface area contributed by atoms with Crippen molar-refractivity contribution in [3.8, 4) is 0 Å². The molecular formula is C15H10Cl2N2O3S2. The van der Waals surface area contributed by atoms with Crippen LogP contribution in [0.1, 0.15) is 9.67 Å². The Hall–Kier alpha value is -1.67. The number of hydrogen-bond acceptors (Lipinski definition) is 5. The van der Waals surface area contributed by atoms with Gasteiger partial charge in [-0.3, -0.25) is 9.59 Å². The van der Waals surface area contributed by atoms with Gasteiger partial charge in [0.15, 0.2) is 4.80 Å². The molecule has 124 valence electrons. The van der Waals surface area contributed by atoms with E-state index in [2.05, 4.69) is 4.99 Å². The molecule has 0 saturated heterocycles. The number of amides is 1. The van der Waals surface area contributed by atoms with Gasteiger partial charge in [0.25, 0.3) is 5.91 Å². The summed E-state index contributed by atoms with van der Waals surface area (Å²) in [5, 5.41) is 2.64. The number of ether oxygens (including phenoxy) is 1.